The van der Waals surface area contributed by atoms with Gasteiger partial charge in [0.15, 0.2) is 0 Å². The van der Waals surface area contributed by atoms with E-state index in [1.165, 1.54) is 18.2 Å². The van der Waals surface area contributed by atoms with Gasteiger partial charge in [0.2, 0.25) is 0 Å². The second-order valence-corrected chi connectivity index (χ2v) is 3.61. The van der Waals surface area contributed by atoms with Crippen molar-refractivity contribution in [2.45, 2.75) is 0 Å². The van der Waals surface area contributed by atoms with Gasteiger partial charge in [0, 0.05) is 22.7 Å². The van der Waals surface area contributed by atoms with Gasteiger partial charge in [0.25, 0.3) is 0 Å². The van der Waals surface area contributed by atoms with Crippen molar-refractivity contribution in [1.82, 2.24) is 0 Å². The maximum atomic E-state index is 9.08. The Morgan fingerprint density at radius 2 is 1.85 bits per heavy atom. The Balaban J connectivity index is 2.71. The van der Waals surface area contributed by atoms with Crippen LogP contribution in [0.25, 0.3) is 0 Å². The molecular formula is C9H9BrO3. The Morgan fingerprint density at radius 1 is 1.31 bits per heavy atom. The molecule has 1 aromatic rings. The van der Waals surface area contributed by atoms with Crippen molar-refractivity contribution >= 4 is 15.9 Å². The Morgan fingerprint density at radius 3 is 2.31 bits per heavy atom. The summed E-state index contributed by atoms with van der Waals surface area (Å²) >= 11 is 3.12. The van der Waals surface area contributed by atoms with Crippen LogP contribution in [0.15, 0.2) is 29.3 Å². The molecule has 0 saturated carbocycles. The van der Waals surface area contributed by atoms with Crippen molar-refractivity contribution in [3.63, 3.8) is 0 Å². The SMILES string of the molecule is C=C(Br)COc1cc(O)cc(O)c1. The largest absolute Gasteiger partial charge is 0.508 e. The number of phenols is 2. The van der Waals surface area contributed by atoms with E-state index >= 15 is 0 Å². The van der Waals surface area contributed by atoms with E-state index in [2.05, 4.69) is 22.5 Å². The highest BCUT2D eigenvalue weighted by Crippen LogP contribution is 2.26. The third-order valence-corrected chi connectivity index (χ3v) is 1.50. The fourth-order valence-electron chi connectivity index (χ4n) is 0.813. The molecule has 0 unspecified atom stereocenters. The number of hydrogen-bond donors (Lipinski definition) is 2. The van der Waals surface area contributed by atoms with Gasteiger partial charge in [-0.3, -0.25) is 0 Å². The minimum atomic E-state index is -0.0322. The van der Waals surface area contributed by atoms with Crippen LogP contribution < -0.4 is 4.74 Å². The van der Waals surface area contributed by atoms with Gasteiger partial charge in [-0.2, -0.15) is 0 Å². The van der Waals surface area contributed by atoms with Crippen LogP contribution in [0, 0.1) is 0 Å². The van der Waals surface area contributed by atoms with Crippen molar-refractivity contribution in [2.24, 2.45) is 0 Å². The number of phenolic OH excluding ortho intramolecular Hbond substituents is 2. The fraction of sp³-hybridized carbons (Fsp3) is 0.111. The molecule has 0 atom stereocenters. The second-order valence-electron chi connectivity index (χ2n) is 2.49. The van der Waals surface area contributed by atoms with Crippen molar-refractivity contribution in [3.8, 4) is 17.2 Å². The molecule has 13 heavy (non-hydrogen) atoms. The Labute approximate surface area is 84.4 Å². The zero-order valence-corrected chi connectivity index (χ0v) is 8.41. The number of ether oxygens (including phenoxy) is 1. The minimum Gasteiger partial charge on any atom is -0.508 e. The normalized spacial score (nSPS) is 9.62. The summed E-state index contributed by atoms with van der Waals surface area (Å²) in [5.74, 6) is 0.337. The van der Waals surface area contributed by atoms with E-state index in [1.807, 2.05) is 0 Å². The fourth-order valence-corrected chi connectivity index (χ4v) is 0.927. The number of rotatable bonds is 3. The maximum absolute atomic E-state index is 9.08. The molecule has 4 heteroatoms. The molecule has 0 amide bonds. The quantitative estimate of drug-likeness (QED) is 0.859. The first-order valence-electron chi connectivity index (χ1n) is 3.57. The van der Waals surface area contributed by atoms with Crippen LogP contribution in [-0.2, 0) is 0 Å². The maximum Gasteiger partial charge on any atom is 0.127 e. The molecule has 2 N–H and O–H groups in total. The van der Waals surface area contributed by atoms with E-state index in [0.29, 0.717) is 16.8 Å². The van der Waals surface area contributed by atoms with E-state index in [-0.39, 0.29) is 11.5 Å². The number of halogens is 1. The molecule has 0 heterocycles. The first-order valence-corrected chi connectivity index (χ1v) is 4.36. The van der Waals surface area contributed by atoms with Gasteiger partial charge in [0.05, 0.1) is 0 Å². The minimum absolute atomic E-state index is 0.0322. The molecule has 1 aromatic carbocycles. The molecular weight excluding hydrogens is 236 g/mol. The molecule has 0 fully saturated rings. The Kier molecular flexibility index (Phi) is 3.19. The first kappa shape index (κ1) is 9.92. The molecule has 1 rings (SSSR count). The molecule has 3 nitrogen and oxygen atoms in total. The standard InChI is InChI=1S/C9H9BrO3/c1-6(10)5-13-9-3-7(11)2-8(12)4-9/h2-4,11-12H,1,5H2. The van der Waals surface area contributed by atoms with Crippen LogP contribution >= 0.6 is 15.9 Å². The van der Waals surface area contributed by atoms with Gasteiger partial charge in [0.1, 0.15) is 23.9 Å². The predicted molar refractivity (Wildman–Crippen MR) is 53.3 cm³/mol. The lowest BCUT2D eigenvalue weighted by molar-refractivity contribution is 0.353. The molecule has 0 spiro atoms. The van der Waals surface area contributed by atoms with Crippen LogP contribution in [0.2, 0.25) is 0 Å². The first-order chi connectivity index (χ1) is 6.08. The van der Waals surface area contributed by atoms with Crippen molar-refractivity contribution in [2.75, 3.05) is 6.61 Å². The van der Waals surface area contributed by atoms with Crippen molar-refractivity contribution in [3.05, 3.63) is 29.3 Å². The van der Waals surface area contributed by atoms with Gasteiger partial charge >= 0.3 is 0 Å². The van der Waals surface area contributed by atoms with Crippen LogP contribution in [0.1, 0.15) is 0 Å². The molecule has 0 radical (unpaired) electrons. The zero-order valence-electron chi connectivity index (χ0n) is 6.83. The number of benzene rings is 1. The van der Waals surface area contributed by atoms with Crippen LogP contribution in [0.3, 0.4) is 0 Å². The zero-order chi connectivity index (χ0) is 9.84. The lowest BCUT2D eigenvalue weighted by Crippen LogP contribution is -1.95. The summed E-state index contributed by atoms with van der Waals surface area (Å²) in [5.41, 5.74) is 0. The topological polar surface area (TPSA) is 49.7 Å². The van der Waals surface area contributed by atoms with E-state index in [1.54, 1.807) is 0 Å². The monoisotopic (exact) mass is 244 g/mol. The number of aromatic hydroxyl groups is 2. The molecule has 0 aromatic heterocycles. The van der Waals surface area contributed by atoms with Crippen LogP contribution in [0.4, 0.5) is 0 Å². The van der Waals surface area contributed by atoms with E-state index in [0.717, 1.165) is 0 Å². The summed E-state index contributed by atoms with van der Waals surface area (Å²) in [6.07, 6.45) is 0. The Bertz CT molecular complexity index is 302. The molecule has 0 saturated heterocycles. The highest BCUT2D eigenvalue weighted by molar-refractivity contribution is 9.11. The van der Waals surface area contributed by atoms with E-state index < -0.39 is 0 Å². The summed E-state index contributed by atoms with van der Waals surface area (Å²) in [4.78, 5) is 0. The van der Waals surface area contributed by atoms with Gasteiger partial charge in [-0.15, -0.1) is 0 Å². The summed E-state index contributed by atoms with van der Waals surface area (Å²) in [5, 5.41) is 18.2. The molecule has 0 bridgehead atoms. The van der Waals surface area contributed by atoms with Crippen molar-refractivity contribution in [1.29, 1.82) is 0 Å². The lowest BCUT2D eigenvalue weighted by atomic mass is 10.3. The van der Waals surface area contributed by atoms with E-state index in [9.17, 15) is 0 Å². The van der Waals surface area contributed by atoms with Crippen LogP contribution in [-0.4, -0.2) is 16.8 Å². The van der Waals surface area contributed by atoms with Crippen LogP contribution in [0.5, 0.6) is 17.2 Å². The Hall–Kier alpha value is -1.16. The lowest BCUT2D eigenvalue weighted by Gasteiger charge is -2.05. The summed E-state index contributed by atoms with van der Waals surface area (Å²) < 4.78 is 5.85. The average Bonchev–Trinajstić information content (AvgIpc) is 1.99. The van der Waals surface area contributed by atoms with Gasteiger partial charge in [-0.1, -0.05) is 22.5 Å². The predicted octanol–water partition coefficient (Wildman–Crippen LogP) is 2.39. The second kappa shape index (κ2) is 4.18. The molecule has 0 aliphatic heterocycles. The van der Waals surface area contributed by atoms with Gasteiger partial charge in [-0.05, 0) is 0 Å². The van der Waals surface area contributed by atoms with Crippen molar-refractivity contribution < 1.29 is 14.9 Å². The highest BCUT2D eigenvalue weighted by atomic mass is 79.9. The van der Waals surface area contributed by atoms with Gasteiger partial charge < -0.3 is 14.9 Å². The number of hydrogen-bond acceptors (Lipinski definition) is 3. The third-order valence-electron chi connectivity index (χ3n) is 1.27. The molecule has 0 aliphatic carbocycles. The average molecular weight is 245 g/mol. The smallest absolute Gasteiger partial charge is 0.127 e. The summed E-state index contributed by atoms with van der Waals surface area (Å²) in [6, 6.07) is 4.06. The summed E-state index contributed by atoms with van der Waals surface area (Å²) in [6.45, 7) is 3.88. The highest BCUT2D eigenvalue weighted by Gasteiger charge is 1.99. The van der Waals surface area contributed by atoms with Gasteiger partial charge in [-0.25, -0.2) is 0 Å². The summed E-state index contributed by atoms with van der Waals surface area (Å²) in [7, 11) is 0. The molecule has 70 valence electrons. The van der Waals surface area contributed by atoms with E-state index in [4.69, 9.17) is 14.9 Å². The third kappa shape index (κ3) is 3.38. The molecule has 0 aliphatic rings.